The maximum atomic E-state index is 3.84. The lowest BCUT2D eigenvalue weighted by Gasteiger charge is -2.27. The molecule has 1 heteroatoms. The number of hydrogen-bond acceptors (Lipinski definition) is 1. The molecule has 1 N–H and O–H groups in total. The van der Waals surface area contributed by atoms with Crippen LogP contribution >= 0.6 is 0 Å². The molecule has 2 aliphatic carbocycles. The molecule has 15 heavy (non-hydrogen) atoms. The molecule has 0 radical (unpaired) electrons. The van der Waals surface area contributed by atoms with Crippen molar-refractivity contribution in [3.63, 3.8) is 0 Å². The summed E-state index contributed by atoms with van der Waals surface area (Å²) in [5.74, 6) is 0. The normalized spacial score (nSPS) is 27.8. The van der Waals surface area contributed by atoms with E-state index in [2.05, 4.69) is 12.2 Å². The van der Waals surface area contributed by atoms with Crippen molar-refractivity contribution in [1.82, 2.24) is 5.32 Å². The molecule has 0 aromatic carbocycles. The van der Waals surface area contributed by atoms with Crippen LogP contribution in [0.15, 0.2) is 0 Å². The number of rotatable bonds is 3. The predicted molar refractivity (Wildman–Crippen MR) is 66.1 cm³/mol. The maximum absolute atomic E-state index is 3.84. The van der Waals surface area contributed by atoms with Crippen LogP contribution in [-0.4, -0.2) is 12.6 Å². The smallest absolute Gasteiger partial charge is 0.00672 e. The zero-order valence-corrected chi connectivity index (χ0v) is 10.4. The Labute approximate surface area is 95.0 Å². The minimum Gasteiger partial charge on any atom is -0.313 e. The molecule has 2 fully saturated rings. The van der Waals surface area contributed by atoms with Gasteiger partial charge in [0.2, 0.25) is 0 Å². The van der Waals surface area contributed by atoms with Gasteiger partial charge in [-0.3, -0.25) is 0 Å². The van der Waals surface area contributed by atoms with Gasteiger partial charge in [-0.05, 0) is 31.1 Å². The van der Waals surface area contributed by atoms with Crippen LogP contribution in [0.1, 0.15) is 71.1 Å². The summed E-state index contributed by atoms with van der Waals surface area (Å²) in [7, 11) is 0. The van der Waals surface area contributed by atoms with Crippen molar-refractivity contribution in [2.45, 2.75) is 77.2 Å². The third-order valence-electron chi connectivity index (χ3n) is 4.48. The van der Waals surface area contributed by atoms with E-state index in [1.165, 1.54) is 70.8 Å². The van der Waals surface area contributed by atoms with Crippen molar-refractivity contribution in [1.29, 1.82) is 0 Å². The van der Waals surface area contributed by atoms with Gasteiger partial charge in [0.05, 0.1) is 0 Å². The second-order valence-electron chi connectivity index (χ2n) is 6.09. The molecule has 0 amide bonds. The van der Waals surface area contributed by atoms with Gasteiger partial charge in [-0.25, -0.2) is 0 Å². The molecule has 2 aliphatic rings. The van der Waals surface area contributed by atoms with Crippen molar-refractivity contribution < 1.29 is 0 Å². The molecule has 1 nitrogen and oxygen atoms in total. The van der Waals surface area contributed by atoms with Gasteiger partial charge in [0.25, 0.3) is 0 Å². The summed E-state index contributed by atoms with van der Waals surface area (Å²) < 4.78 is 0. The standard InChI is InChI=1S/C14H27N/c1-14(10-6-7-11-14)12-15-13-8-4-2-3-5-9-13/h13,15H,2-12H2,1H3. The summed E-state index contributed by atoms with van der Waals surface area (Å²) >= 11 is 0. The van der Waals surface area contributed by atoms with Crippen molar-refractivity contribution in [2.75, 3.05) is 6.54 Å². The van der Waals surface area contributed by atoms with Gasteiger partial charge in [-0.2, -0.15) is 0 Å². The van der Waals surface area contributed by atoms with E-state index in [0.717, 1.165) is 6.04 Å². The Morgan fingerprint density at radius 1 is 0.933 bits per heavy atom. The first-order valence-corrected chi connectivity index (χ1v) is 7.02. The van der Waals surface area contributed by atoms with E-state index in [-0.39, 0.29) is 0 Å². The average Bonchev–Trinajstić information content (AvgIpc) is 2.53. The first-order chi connectivity index (χ1) is 7.29. The molecular weight excluding hydrogens is 182 g/mol. The molecule has 0 saturated heterocycles. The molecule has 0 aliphatic heterocycles. The number of nitrogens with one attached hydrogen (secondary N) is 1. The average molecular weight is 209 g/mol. The van der Waals surface area contributed by atoms with E-state index in [1.54, 1.807) is 0 Å². The number of hydrogen-bond donors (Lipinski definition) is 1. The minimum absolute atomic E-state index is 0.631. The zero-order valence-electron chi connectivity index (χ0n) is 10.4. The van der Waals surface area contributed by atoms with E-state index >= 15 is 0 Å². The molecule has 0 aromatic rings. The zero-order chi connectivity index (χ0) is 10.6. The summed E-state index contributed by atoms with van der Waals surface area (Å²) in [5.41, 5.74) is 0.631. The topological polar surface area (TPSA) is 12.0 Å². The highest BCUT2D eigenvalue weighted by Crippen LogP contribution is 2.37. The summed E-state index contributed by atoms with van der Waals surface area (Å²) in [6.45, 7) is 3.75. The van der Waals surface area contributed by atoms with Gasteiger partial charge >= 0.3 is 0 Å². The highest BCUT2D eigenvalue weighted by Gasteiger charge is 2.28. The van der Waals surface area contributed by atoms with Crippen LogP contribution in [0.3, 0.4) is 0 Å². The minimum atomic E-state index is 0.631. The third-order valence-corrected chi connectivity index (χ3v) is 4.48. The van der Waals surface area contributed by atoms with E-state index in [0.29, 0.717) is 5.41 Å². The monoisotopic (exact) mass is 209 g/mol. The van der Waals surface area contributed by atoms with Crippen molar-refractivity contribution in [3.8, 4) is 0 Å². The second-order valence-corrected chi connectivity index (χ2v) is 6.09. The van der Waals surface area contributed by atoms with Crippen molar-refractivity contribution >= 4 is 0 Å². The van der Waals surface area contributed by atoms with Gasteiger partial charge < -0.3 is 5.32 Å². The van der Waals surface area contributed by atoms with Crippen LogP contribution in [0.4, 0.5) is 0 Å². The second kappa shape index (κ2) is 5.34. The largest absolute Gasteiger partial charge is 0.313 e. The van der Waals surface area contributed by atoms with Gasteiger partial charge in [-0.15, -0.1) is 0 Å². The van der Waals surface area contributed by atoms with E-state index in [1.807, 2.05) is 0 Å². The quantitative estimate of drug-likeness (QED) is 0.696. The van der Waals surface area contributed by atoms with Crippen LogP contribution in [0.25, 0.3) is 0 Å². The molecule has 0 bridgehead atoms. The molecule has 0 atom stereocenters. The SMILES string of the molecule is CC1(CNC2CCCCCC2)CCCC1. The Morgan fingerprint density at radius 3 is 2.13 bits per heavy atom. The highest BCUT2D eigenvalue weighted by atomic mass is 14.9. The molecule has 0 spiro atoms. The Bertz CT molecular complexity index is 174. The lowest BCUT2D eigenvalue weighted by Crippen LogP contribution is -2.36. The van der Waals surface area contributed by atoms with E-state index in [9.17, 15) is 0 Å². The molecular formula is C14H27N. The van der Waals surface area contributed by atoms with Crippen LogP contribution in [0.5, 0.6) is 0 Å². The summed E-state index contributed by atoms with van der Waals surface area (Å²) in [5, 5.41) is 3.84. The first kappa shape index (κ1) is 11.4. The van der Waals surface area contributed by atoms with Crippen LogP contribution in [0.2, 0.25) is 0 Å². The summed E-state index contributed by atoms with van der Waals surface area (Å²) in [6.07, 6.45) is 14.5. The van der Waals surface area contributed by atoms with Gasteiger partial charge in [0.15, 0.2) is 0 Å². The molecule has 0 unspecified atom stereocenters. The maximum Gasteiger partial charge on any atom is 0.00672 e. The fourth-order valence-electron chi connectivity index (χ4n) is 3.28. The van der Waals surface area contributed by atoms with Crippen LogP contribution < -0.4 is 5.32 Å². The third kappa shape index (κ3) is 3.48. The fourth-order valence-corrected chi connectivity index (χ4v) is 3.28. The van der Waals surface area contributed by atoms with Crippen molar-refractivity contribution in [2.24, 2.45) is 5.41 Å². The van der Waals surface area contributed by atoms with E-state index in [4.69, 9.17) is 0 Å². The molecule has 88 valence electrons. The Balaban J connectivity index is 1.71. The van der Waals surface area contributed by atoms with Gasteiger partial charge in [0.1, 0.15) is 0 Å². The Hall–Kier alpha value is -0.0400. The van der Waals surface area contributed by atoms with Crippen molar-refractivity contribution in [3.05, 3.63) is 0 Å². The summed E-state index contributed by atoms with van der Waals surface area (Å²) in [6, 6.07) is 0.838. The van der Waals surface area contributed by atoms with Gasteiger partial charge in [0, 0.05) is 12.6 Å². The lowest BCUT2D eigenvalue weighted by molar-refractivity contribution is 0.288. The molecule has 0 heterocycles. The Morgan fingerprint density at radius 2 is 1.53 bits per heavy atom. The molecule has 2 rings (SSSR count). The first-order valence-electron chi connectivity index (χ1n) is 7.02. The Kier molecular flexibility index (Phi) is 4.07. The molecule has 0 aromatic heterocycles. The molecule has 2 saturated carbocycles. The highest BCUT2D eigenvalue weighted by molar-refractivity contribution is 4.84. The van der Waals surface area contributed by atoms with Gasteiger partial charge in [-0.1, -0.05) is 45.4 Å². The van der Waals surface area contributed by atoms with E-state index < -0.39 is 0 Å². The summed E-state index contributed by atoms with van der Waals surface area (Å²) in [4.78, 5) is 0. The fraction of sp³-hybridized carbons (Fsp3) is 1.00. The lowest BCUT2D eigenvalue weighted by atomic mass is 9.88. The van der Waals surface area contributed by atoms with Crippen LogP contribution in [0, 0.1) is 5.41 Å². The predicted octanol–water partition coefficient (Wildman–Crippen LogP) is 3.88. The van der Waals surface area contributed by atoms with Crippen LogP contribution in [-0.2, 0) is 0 Å².